The van der Waals surface area contributed by atoms with Crippen molar-refractivity contribution in [2.75, 3.05) is 6.61 Å². The number of fused-ring (bicyclic) bond motifs is 1. The Bertz CT molecular complexity index is 715. The molecule has 3 rings (SSSR count). The van der Waals surface area contributed by atoms with E-state index in [1.165, 1.54) is 16.5 Å². The van der Waals surface area contributed by atoms with Gasteiger partial charge in [-0.15, -0.1) is 0 Å². The fraction of sp³-hybridized carbons (Fsp3) is 0.444. The van der Waals surface area contributed by atoms with Gasteiger partial charge in [0, 0.05) is 18.9 Å². The quantitative estimate of drug-likeness (QED) is 0.808. The fourth-order valence-corrected chi connectivity index (χ4v) is 3.16. The minimum Gasteiger partial charge on any atom is -0.466 e. The Morgan fingerprint density at radius 3 is 3.05 bits per heavy atom. The Kier molecular flexibility index (Phi) is 4.27. The zero-order valence-corrected chi connectivity index (χ0v) is 13.2. The molecule has 0 saturated heterocycles. The molecule has 1 aliphatic rings. The lowest BCUT2D eigenvalue weighted by molar-refractivity contribution is -0.144. The summed E-state index contributed by atoms with van der Waals surface area (Å²) < 4.78 is 6.93. The molecule has 0 fully saturated rings. The molecule has 1 aromatic heterocycles. The highest BCUT2D eigenvalue weighted by Gasteiger charge is 2.19. The summed E-state index contributed by atoms with van der Waals surface area (Å²) in [6.45, 7) is 2.32. The van der Waals surface area contributed by atoms with Gasteiger partial charge in [-0.2, -0.15) is 5.10 Å². The number of aryl methyl sites for hydroxylation is 1. The van der Waals surface area contributed by atoms with E-state index in [0.717, 1.165) is 24.8 Å². The van der Waals surface area contributed by atoms with Gasteiger partial charge in [0.1, 0.15) is 0 Å². The Hall–Kier alpha value is -2.10. The number of ether oxygens (including phenoxy) is 1. The molecule has 0 spiro atoms. The van der Waals surface area contributed by atoms with Crippen molar-refractivity contribution in [3.8, 4) is 0 Å². The first-order valence-electron chi connectivity index (χ1n) is 7.94. The van der Waals surface area contributed by atoms with E-state index in [1.54, 1.807) is 0 Å². The highest BCUT2D eigenvalue weighted by Crippen LogP contribution is 2.33. The van der Waals surface area contributed by atoms with Crippen LogP contribution < -0.4 is 0 Å². The minimum atomic E-state index is -0.0684. The molecule has 2 aromatic rings. The Labute approximate surface area is 130 Å². The van der Waals surface area contributed by atoms with E-state index in [2.05, 4.69) is 29.4 Å². The van der Waals surface area contributed by atoms with E-state index in [0.29, 0.717) is 18.9 Å². The van der Waals surface area contributed by atoms with Crippen LogP contribution in [0.4, 0.5) is 0 Å². The van der Waals surface area contributed by atoms with Crippen molar-refractivity contribution in [2.24, 2.45) is 13.0 Å². The van der Waals surface area contributed by atoms with E-state index in [-0.39, 0.29) is 5.97 Å². The second kappa shape index (κ2) is 6.34. The Morgan fingerprint density at radius 2 is 2.32 bits per heavy atom. The number of esters is 1. The maximum absolute atomic E-state index is 11.6. The molecule has 0 saturated carbocycles. The first-order valence-corrected chi connectivity index (χ1v) is 7.94. The van der Waals surface area contributed by atoms with Crippen molar-refractivity contribution in [2.45, 2.75) is 32.6 Å². The van der Waals surface area contributed by atoms with Crippen LogP contribution in [0.2, 0.25) is 0 Å². The van der Waals surface area contributed by atoms with Crippen molar-refractivity contribution in [3.63, 3.8) is 0 Å². The first-order chi connectivity index (χ1) is 10.7. The van der Waals surface area contributed by atoms with Gasteiger partial charge in [0.2, 0.25) is 0 Å². The average molecular weight is 298 g/mol. The number of carbonyl (C=O) groups excluding carboxylic acids is 1. The van der Waals surface area contributed by atoms with Gasteiger partial charge in [0.15, 0.2) is 0 Å². The largest absolute Gasteiger partial charge is 0.466 e. The molecule has 0 bridgehead atoms. The van der Waals surface area contributed by atoms with Gasteiger partial charge in [0.05, 0.1) is 18.3 Å². The van der Waals surface area contributed by atoms with E-state index in [1.807, 2.05) is 24.9 Å². The van der Waals surface area contributed by atoms with Crippen molar-refractivity contribution in [1.82, 2.24) is 9.78 Å². The first kappa shape index (κ1) is 14.8. The second-order valence-corrected chi connectivity index (χ2v) is 5.92. The maximum Gasteiger partial charge on any atom is 0.306 e. The molecule has 1 aromatic carbocycles. The zero-order valence-electron chi connectivity index (χ0n) is 13.2. The summed E-state index contributed by atoms with van der Waals surface area (Å²) in [5, 5.41) is 5.47. The topological polar surface area (TPSA) is 44.1 Å². The molecular formula is C18H22N2O2. The highest BCUT2D eigenvalue weighted by molar-refractivity contribution is 5.83. The number of hydrogen-bond donors (Lipinski definition) is 0. The molecule has 0 amide bonds. The maximum atomic E-state index is 11.6. The standard InChI is InChI=1S/C18H22N2O2/c1-3-22-18(21)10-13-4-6-14(7-5-13)15-8-9-17-16(11-15)12-19-20(17)2/h6,8-9,11-13H,3-5,7,10H2,1-2H3. The van der Waals surface area contributed by atoms with Gasteiger partial charge in [-0.3, -0.25) is 9.48 Å². The van der Waals surface area contributed by atoms with Crippen LogP contribution in [0.1, 0.15) is 38.2 Å². The van der Waals surface area contributed by atoms with Crippen molar-refractivity contribution < 1.29 is 9.53 Å². The summed E-state index contributed by atoms with van der Waals surface area (Å²) in [5.41, 5.74) is 3.81. The highest BCUT2D eigenvalue weighted by atomic mass is 16.5. The van der Waals surface area contributed by atoms with Crippen LogP contribution in [0.5, 0.6) is 0 Å². The third-order valence-electron chi connectivity index (χ3n) is 4.40. The summed E-state index contributed by atoms with van der Waals surface area (Å²) in [6.07, 6.45) is 7.76. The normalized spacial score (nSPS) is 18.3. The lowest BCUT2D eigenvalue weighted by atomic mass is 9.85. The number of rotatable bonds is 4. The number of nitrogens with zero attached hydrogens (tertiary/aromatic N) is 2. The van der Waals surface area contributed by atoms with Crippen LogP contribution in [-0.4, -0.2) is 22.4 Å². The third kappa shape index (κ3) is 3.06. The van der Waals surface area contributed by atoms with Crippen molar-refractivity contribution in [3.05, 3.63) is 36.0 Å². The summed E-state index contributed by atoms with van der Waals surface area (Å²) in [5.74, 6) is 0.353. The van der Waals surface area contributed by atoms with Gasteiger partial charge in [-0.05, 0) is 55.4 Å². The van der Waals surface area contributed by atoms with Crippen LogP contribution in [0.3, 0.4) is 0 Å². The van der Waals surface area contributed by atoms with Gasteiger partial charge in [-0.25, -0.2) is 0 Å². The van der Waals surface area contributed by atoms with Gasteiger partial charge in [0.25, 0.3) is 0 Å². The number of allylic oxidation sites excluding steroid dienone is 2. The second-order valence-electron chi connectivity index (χ2n) is 5.92. The Morgan fingerprint density at radius 1 is 1.45 bits per heavy atom. The molecule has 22 heavy (non-hydrogen) atoms. The lowest BCUT2D eigenvalue weighted by Crippen LogP contribution is -2.13. The molecule has 4 heteroatoms. The van der Waals surface area contributed by atoms with Gasteiger partial charge in [-0.1, -0.05) is 12.1 Å². The van der Waals surface area contributed by atoms with E-state index in [4.69, 9.17) is 4.74 Å². The molecule has 116 valence electrons. The molecule has 4 nitrogen and oxygen atoms in total. The van der Waals surface area contributed by atoms with Crippen LogP contribution >= 0.6 is 0 Å². The summed E-state index contributed by atoms with van der Waals surface area (Å²) in [7, 11) is 1.96. The number of aromatic nitrogens is 2. The Balaban J connectivity index is 1.70. The van der Waals surface area contributed by atoms with Gasteiger partial charge >= 0.3 is 5.97 Å². The van der Waals surface area contributed by atoms with Crippen LogP contribution in [0.25, 0.3) is 16.5 Å². The summed E-state index contributed by atoms with van der Waals surface area (Å²) >= 11 is 0. The molecule has 1 heterocycles. The molecule has 0 aliphatic heterocycles. The monoisotopic (exact) mass is 298 g/mol. The summed E-state index contributed by atoms with van der Waals surface area (Å²) in [6, 6.07) is 6.50. The van der Waals surface area contributed by atoms with Gasteiger partial charge < -0.3 is 4.74 Å². The lowest BCUT2D eigenvalue weighted by Gasteiger charge is -2.21. The minimum absolute atomic E-state index is 0.0684. The number of carbonyl (C=O) groups is 1. The number of hydrogen-bond acceptors (Lipinski definition) is 3. The predicted octanol–water partition coefficient (Wildman–Crippen LogP) is 3.71. The fourth-order valence-electron chi connectivity index (χ4n) is 3.16. The molecule has 0 radical (unpaired) electrons. The van der Waals surface area contributed by atoms with Crippen LogP contribution in [0, 0.1) is 5.92 Å². The molecule has 0 N–H and O–H groups in total. The average Bonchev–Trinajstić information content (AvgIpc) is 2.89. The zero-order chi connectivity index (χ0) is 15.5. The molecule has 1 atom stereocenters. The molecule has 1 aliphatic carbocycles. The molecular weight excluding hydrogens is 276 g/mol. The predicted molar refractivity (Wildman–Crippen MR) is 87.3 cm³/mol. The smallest absolute Gasteiger partial charge is 0.306 e. The molecule has 1 unspecified atom stereocenters. The van der Waals surface area contributed by atoms with Crippen LogP contribution in [-0.2, 0) is 16.6 Å². The van der Waals surface area contributed by atoms with E-state index < -0.39 is 0 Å². The number of benzene rings is 1. The third-order valence-corrected chi connectivity index (χ3v) is 4.40. The van der Waals surface area contributed by atoms with Crippen molar-refractivity contribution in [1.29, 1.82) is 0 Å². The van der Waals surface area contributed by atoms with Crippen molar-refractivity contribution >= 4 is 22.4 Å². The summed E-state index contributed by atoms with van der Waals surface area (Å²) in [4.78, 5) is 11.6. The van der Waals surface area contributed by atoms with Crippen LogP contribution in [0.15, 0.2) is 30.5 Å². The van der Waals surface area contributed by atoms with E-state index in [9.17, 15) is 4.79 Å². The van der Waals surface area contributed by atoms with E-state index >= 15 is 0 Å². The SMILES string of the molecule is CCOC(=O)CC1CC=C(c2ccc3c(cnn3C)c2)CC1.